The maximum Gasteiger partial charge on any atom is 0.123 e. The molecule has 162 valence electrons. The molecule has 3 aromatic rings. The maximum absolute atomic E-state index is 6.45. The van der Waals surface area contributed by atoms with E-state index in [2.05, 4.69) is 36.1 Å². The summed E-state index contributed by atoms with van der Waals surface area (Å²) in [4.78, 5) is 5.86. The fourth-order valence-electron chi connectivity index (χ4n) is 3.52. The Labute approximate surface area is 199 Å². The van der Waals surface area contributed by atoms with E-state index in [0.717, 1.165) is 39.2 Å². The minimum atomic E-state index is -0.412. The van der Waals surface area contributed by atoms with E-state index in [1.54, 1.807) is 24.5 Å². The number of rotatable bonds is 6. The monoisotopic (exact) mass is 472 g/mol. The van der Waals surface area contributed by atoms with Gasteiger partial charge in [-0.15, -0.1) is 23.7 Å². The van der Waals surface area contributed by atoms with Crippen molar-refractivity contribution in [3.8, 4) is 28.8 Å². The molecule has 1 aliphatic rings. The number of nitrogens with zero attached hydrogens (tertiary/aromatic N) is 1. The van der Waals surface area contributed by atoms with Gasteiger partial charge in [-0.05, 0) is 43.0 Å². The first-order valence-electron chi connectivity index (χ1n) is 10.2. The first-order chi connectivity index (χ1) is 14.5. The van der Waals surface area contributed by atoms with Crippen LogP contribution in [0.5, 0.6) is 5.75 Å². The number of benzene rings is 2. The van der Waals surface area contributed by atoms with E-state index < -0.39 is 6.04 Å². The zero-order valence-corrected chi connectivity index (χ0v) is 20.0. The number of ether oxygens (including phenoxy) is 1. The van der Waals surface area contributed by atoms with Crippen LogP contribution in [0.1, 0.15) is 46.7 Å². The van der Waals surface area contributed by atoms with Crippen molar-refractivity contribution in [1.82, 2.24) is 4.98 Å². The Kier molecular flexibility index (Phi) is 8.02. The molecule has 0 spiro atoms. The van der Waals surface area contributed by atoms with Crippen LogP contribution in [0.15, 0.2) is 48.5 Å². The molecule has 1 unspecified atom stereocenters. The second-order valence-electron chi connectivity index (χ2n) is 7.71. The Bertz CT molecular complexity index is 1080. The lowest BCUT2D eigenvalue weighted by atomic mass is 9.94. The minimum absolute atomic E-state index is 0. The van der Waals surface area contributed by atoms with E-state index in [1.165, 1.54) is 18.4 Å². The summed E-state index contributed by atoms with van der Waals surface area (Å²) in [5, 5.41) is 1.43. The standard InChI is InChI=1S/C25H25ClN2OS.ClH/c1-16-24(21-12-11-20(29-2)15-22(21)26)28-25(30-16)23(27)13-10-19(14-17-8-9-17)18-6-4-3-5-7-18;/h3-7,11-12,15,17,19,23H,8-9,14,27H2,1-2H3;1H/t19-,23?;/m0./s1. The van der Waals surface area contributed by atoms with Crippen LogP contribution in [0.4, 0.5) is 0 Å². The molecular weight excluding hydrogens is 447 g/mol. The third-order valence-electron chi connectivity index (χ3n) is 5.39. The van der Waals surface area contributed by atoms with E-state index in [-0.39, 0.29) is 18.3 Å². The van der Waals surface area contributed by atoms with Crippen molar-refractivity contribution in [2.75, 3.05) is 7.11 Å². The van der Waals surface area contributed by atoms with Crippen molar-refractivity contribution in [1.29, 1.82) is 0 Å². The first-order valence-corrected chi connectivity index (χ1v) is 11.4. The Balaban J connectivity index is 0.00000272. The molecule has 0 radical (unpaired) electrons. The van der Waals surface area contributed by atoms with Crippen molar-refractivity contribution in [2.24, 2.45) is 11.7 Å². The molecule has 4 rings (SSSR count). The lowest BCUT2D eigenvalue weighted by Crippen LogP contribution is -2.08. The number of thiazole rings is 1. The maximum atomic E-state index is 6.45. The summed E-state index contributed by atoms with van der Waals surface area (Å²) in [6, 6.07) is 15.7. The largest absolute Gasteiger partial charge is 0.497 e. The van der Waals surface area contributed by atoms with Crippen LogP contribution in [0, 0.1) is 24.7 Å². The molecule has 1 fully saturated rings. The average Bonchev–Trinajstić information content (AvgIpc) is 3.50. The SMILES string of the molecule is COc1ccc(-c2nc(C(N)C#C[C@@H](CC3CC3)c3ccccc3)sc2C)c(Cl)c1.Cl. The van der Waals surface area contributed by atoms with Gasteiger partial charge < -0.3 is 10.5 Å². The molecule has 0 bridgehead atoms. The molecule has 0 saturated heterocycles. The number of hydrogen-bond donors (Lipinski definition) is 1. The summed E-state index contributed by atoms with van der Waals surface area (Å²) in [6.07, 6.45) is 3.73. The molecule has 1 aliphatic carbocycles. The minimum Gasteiger partial charge on any atom is -0.497 e. The van der Waals surface area contributed by atoms with Gasteiger partial charge in [0, 0.05) is 16.4 Å². The van der Waals surface area contributed by atoms with Gasteiger partial charge in [-0.2, -0.15) is 0 Å². The summed E-state index contributed by atoms with van der Waals surface area (Å²) < 4.78 is 5.24. The summed E-state index contributed by atoms with van der Waals surface area (Å²) in [5.41, 5.74) is 9.44. The molecular formula is C25H26Cl2N2OS. The normalized spacial score (nSPS) is 14.7. The molecule has 1 aromatic heterocycles. The Morgan fingerprint density at radius 3 is 2.58 bits per heavy atom. The predicted molar refractivity (Wildman–Crippen MR) is 132 cm³/mol. The number of methoxy groups -OCH3 is 1. The van der Waals surface area contributed by atoms with Gasteiger partial charge >= 0.3 is 0 Å². The molecule has 2 N–H and O–H groups in total. The van der Waals surface area contributed by atoms with Crippen LogP contribution >= 0.6 is 35.3 Å². The number of aromatic nitrogens is 1. The number of aryl methyl sites for hydroxylation is 1. The van der Waals surface area contributed by atoms with Crippen LogP contribution in [0.25, 0.3) is 11.3 Å². The molecule has 2 atom stereocenters. The van der Waals surface area contributed by atoms with Crippen LogP contribution in [-0.2, 0) is 0 Å². The first kappa shape index (κ1) is 23.6. The van der Waals surface area contributed by atoms with E-state index in [1.807, 2.05) is 25.1 Å². The third kappa shape index (κ3) is 5.81. The van der Waals surface area contributed by atoms with Gasteiger partial charge in [0.15, 0.2) is 0 Å². The zero-order chi connectivity index (χ0) is 21.1. The molecule has 31 heavy (non-hydrogen) atoms. The smallest absolute Gasteiger partial charge is 0.123 e. The van der Waals surface area contributed by atoms with Gasteiger partial charge in [-0.25, -0.2) is 4.98 Å². The van der Waals surface area contributed by atoms with E-state index in [9.17, 15) is 0 Å². The predicted octanol–water partition coefficient (Wildman–Crippen LogP) is 6.79. The number of nitrogens with two attached hydrogens (primary N) is 1. The average molecular weight is 473 g/mol. The highest BCUT2D eigenvalue weighted by atomic mass is 35.5. The van der Waals surface area contributed by atoms with E-state index in [4.69, 9.17) is 27.1 Å². The lowest BCUT2D eigenvalue weighted by molar-refractivity contribution is 0.415. The fourth-order valence-corrected chi connectivity index (χ4v) is 4.67. The van der Waals surface area contributed by atoms with Gasteiger partial charge in [0.05, 0.1) is 17.8 Å². The number of hydrogen-bond acceptors (Lipinski definition) is 4. The summed E-state index contributed by atoms with van der Waals surface area (Å²) in [5.74, 6) is 8.47. The Hall–Kier alpha value is -2.03. The van der Waals surface area contributed by atoms with Crippen LogP contribution in [-0.4, -0.2) is 12.1 Å². The second kappa shape index (κ2) is 10.5. The zero-order valence-electron chi connectivity index (χ0n) is 17.6. The van der Waals surface area contributed by atoms with Gasteiger partial charge in [-0.3, -0.25) is 0 Å². The quantitative estimate of drug-likeness (QED) is 0.401. The van der Waals surface area contributed by atoms with Gasteiger partial charge in [0.25, 0.3) is 0 Å². The third-order valence-corrected chi connectivity index (χ3v) is 6.76. The molecule has 3 nitrogen and oxygen atoms in total. The topological polar surface area (TPSA) is 48.1 Å². The molecule has 2 aromatic carbocycles. The van der Waals surface area contributed by atoms with E-state index in [0.29, 0.717) is 5.02 Å². The highest BCUT2D eigenvalue weighted by molar-refractivity contribution is 7.12. The van der Waals surface area contributed by atoms with Gasteiger partial charge in [0.1, 0.15) is 16.8 Å². The van der Waals surface area contributed by atoms with Crippen molar-refractivity contribution >= 4 is 35.3 Å². The summed E-state index contributed by atoms with van der Waals surface area (Å²) >= 11 is 8.03. The van der Waals surface area contributed by atoms with Gasteiger partial charge in [0.2, 0.25) is 0 Å². The van der Waals surface area contributed by atoms with Crippen molar-refractivity contribution < 1.29 is 4.74 Å². The molecule has 6 heteroatoms. The van der Waals surface area contributed by atoms with Crippen LogP contribution in [0.2, 0.25) is 5.02 Å². The van der Waals surface area contributed by atoms with Crippen molar-refractivity contribution in [3.05, 3.63) is 69.0 Å². The van der Waals surface area contributed by atoms with Crippen molar-refractivity contribution in [2.45, 2.75) is 38.1 Å². The Morgan fingerprint density at radius 2 is 1.94 bits per heavy atom. The highest BCUT2D eigenvalue weighted by Crippen LogP contribution is 2.39. The van der Waals surface area contributed by atoms with Crippen LogP contribution < -0.4 is 10.5 Å². The lowest BCUT2D eigenvalue weighted by Gasteiger charge is -2.10. The molecule has 1 saturated carbocycles. The van der Waals surface area contributed by atoms with Crippen LogP contribution in [0.3, 0.4) is 0 Å². The van der Waals surface area contributed by atoms with E-state index >= 15 is 0 Å². The van der Waals surface area contributed by atoms with Crippen molar-refractivity contribution in [3.63, 3.8) is 0 Å². The second-order valence-corrected chi connectivity index (χ2v) is 9.35. The van der Waals surface area contributed by atoms with Gasteiger partial charge in [-0.1, -0.05) is 66.6 Å². The number of halogens is 2. The molecule has 0 aliphatic heterocycles. The highest BCUT2D eigenvalue weighted by Gasteiger charge is 2.25. The summed E-state index contributed by atoms with van der Waals surface area (Å²) in [7, 11) is 1.63. The molecule has 1 heterocycles. The summed E-state index contributed by atoms with van der Waals surface area (Å²) in [6.45, 7) is 2.04. The Morgan fingerprint density at radius 1 is 1.19 bits per heavy atom. The fraction of sp³-hybridized carbons (Fsp3) is 0.320. The molecule has 0 amide bonds.